The van der Waals surface area contributed by atoms with Crippen molar-refractivity contribution in [3.05, 3.63) is 47.8 Å². The molecule has 1 aromatic heterocycles. The van der Waals surface area contributed by atoms with Crippen LogP contribution < -0.4 is 10.1 Å². The number of hydrogen-bond donors (Lipinski definition) is 2. The van der Waals surface area contributed by atoms with Crippen LogP contribution in [0.25, 0.3) is 0 Å². The highest BCUT2D eigenvalue weighted by Gasteiger charge is 2.30. The van der Waals surface area contributed by atoms with Crippen LogP contribution in [0.15, 0.2) is 36.7 Å². The van der Waals surface area contributed by atoms with Gasteiger partial charge in [-0.2, -0.15) is 5.10 Å². The number of rotatable bonds is 7. The molecular weight excluding hydrogens is 318 g/mol. The van der Waals surface area contributed by atoms with Crippen molar-refractivity contribution in [2.24, 2.45) is 0 Å². The average molecular weight is 343 g/mol. The van der Waals surface area contributed by atoms with E-state index in [1.54, 1.807) is 6.20 Å². The van der Waals surface area contributed by atoms with E-state index in [-0.39, 0.29) is 31.1 Å². The molecule has 0 spiro atoms. The molecule has 1 saturated carbocycles. The molecule has 0 bridgehead atoms. The van der Waals surface area contributed by atoms with Crippen LogP contribution in [0.4, 0.5) is 0 Å². The molecule has 1 heterocycles. The van der Waals surface area contributed by atoms with Gasteiger partial charge in [0.1, 0.15) is 6.10 Å². The SMILES string of the molecule is CCn1cc(O[C@@H]2CCC[C@@H]2NC(=O)Cc2ccccc2CO)cn1. The van der Waals surface area contributed by atoms with Crippen LogP contribution >= 0.6 is 0 Å². The maximum Gasteiger partial charge on any atom is 0.224 e. The predicted molar refractivity (Wildman–Crippen MR) is 94.2 cm³/mol. The number of aliphatic hydroxyl groups excluding tert-OH is 1. The molecule has 0 saturated heterocycles. The minimum absolute atomic E-state index is 0.0127. The van der Waals surface area contributed by atoms with Crippen LogP contribution in [-0.4, -0.2) is 32.9 Å². The molecule has 134 valence electrons. The second kappa shape index (κ2) is 8.16. The van der Waals surface area contributed by atoms with Crippen LogP contribution in [-0.2, 0) is 24.4 Å². The standard InChI is InChI=1S/C19H25N3O3/c1-2-22-12-16(11-20-22)25-18-9-5-8-17(18)21-19(24)10-14-6-3-4-7-15(14)13-23/h3-4,6-7,11-12,17-18,23H,2,5,8-10,13H2,1H3,(H,21,24)/t17-,18+/m0/s1. The number of hydrogen-bond acceptors (Lipinski definition) is 4. The fourth-order valence-electron chi connectivity index (χ4n) is 3.30. The summed E-state index contributed by atoms with van der Waals surface area (Å²) in [6.07, 6.45) is 6.73. The zero-order chi connectivity index (χ0) is 17.6. The first kappa shape index (κ1) is 17.5. The summed E-state index contributed by atoms with van der Waals surface area (Å²) in [7, 11) is 0. The van der Waals surface area contributed by atoms with E-state index in [1.165, 1.54) is 0 Å². The highest BCUT2D eigenvalue weighted by molar-refractivity contribution is 5.79. The number of nitrogens with zero attached hydrogens (tertiary/aromatic N) is 2. The van der Waals surface area contributed by atoms with Crippen molar-refractivity contribution in [2.75, 3.05) is 0 Å². The number of ether oxygens (including phenoxy) is 1. The first-order valence-corrected chi connectivity index (χ1v) is 8.85. The van der Waals surface area contributed by atoms with Crippen LogP contribution in [0.1, 0.15) is 37.3 Å². The summed E-state index contributed by atoms with van der Waals surface area (Å²) in [5.74, 6) is 0.712. The highest BCUT2D eigenvalue weighted by Crippen LogP contribution is 2.25. The summed E-state index contributed by atoms with van der Waals surface area (Å²) in [4.78, 5) is 12.4. The summed E-state index contributed by atoms with van der Waals surface area (Å²) in [6, 6.07) is 7.49. The fraction of sp³-hybridized carbons (Fsp3) is 0.474. The lowest BCUT2D eigenvalue weighted by molar-refractivity contribution is -0.121. The molecule has 1 aromatic carbocycles. The van der Waals surface area contributed by atoms with E-state index < -0.39 is 0 Å². The molecule has 3 rings (SSSR count). The Labute approximate surface area is 147 Å². The summed E-state index contributed by atoms with van der Waals surface area (Å²) in [5, 5.41) is 16.7. The van der Waals surface area contributed by atoms with Crippen LogP contribution in [0.2, 0.25) is 0 Å². The van der Waals surface area contributed by atoms with E-state index in [0.717, 1.165) is 42.7 Å². The van der Waals surface area contributed by atoms with E-state index in [0.29, 0.717) is 0 Å². The Morgan fingerprint density at radius 3 is 2.88 bits per heavy atom. The summed E-state index contributed by atoms with van der Waals surface area (Å²) in [6.45, 7) is 2.78. The molecule has 0 unspecified atom stereocenters. The number of amides is 1. The lowest BCUT2D eigenvalue weighted by Gasteiger charge is -2.22. The fourth-order valence-corrected chi connectivity index (χ4v) is 3.30. The predicted octanol–water partition coefficient (Wildman–Crippen LogP) is 2.05. The third kappa shape index (κ3) is 4.39. The van der Waals surface area contributed by atoms with Gasteiger partial charge in [-0.05, 0) is 37.3 Å². The van der Waals surface area contributed by atoms with Gasteiger partial charge in [0.2, 0.25) is 5.91 Å². The first-order chi connectivity index (χ1) is 12.2. The van der Waals surface area contributed by atoms with Gasteiger partial charge in [0, 0.05) is 6.54 Å². The number of benzene rings is 1. The summed E-state index contributed by atoms with van der Waals surface area (Å²) in [5.41, 5.74) is 1.66. The van der Waals surface area contributed by atoms with Gasteiger partial charge in [-0.3, -0.25) is 9.48 Å². The van der Waals surface area contributed by atoms with Gasteiger partial charge in [-0.15, -0.1) is 0 Å². The highest BCUT2D eigenvalue weighted by atomic mass is 16.5. The van der Waals surface area contributed by atoms with E-state index in [9.17, 15) is 9.90 Å². The Morgan fingerprint density at radius 2 is 2.16 bits per heavy atom. The second-order valence-corrected chi connectivity index (χ2v) is 6.40. The summed E-state index contributed by atoms with van der Waals surface area (Å²) >= 11 is 0. The van der Waals surface area contributed by atoms with Gasteiger partial charge in [0.05, 0.1) is 31.5 Å². The van der Waals surface area contributed by atoms with Crippen molar-refractivity contribution in [2.45, 2.75) is 57.9 Å². The molecule has 25 heavy (non-hydrogen) atoms. The molecular formula is C19H25N3O3. The van der Waals surface area contributed by atoms with Gasteiger partial charge >= 0.3 is 0 Å². The third-order valence-electron chi connectivity index (χ3n) is 4.66. The van der Waals surface area contributed by atoms with Gasteiger partial charge in [0.15, 0.2) is 5.75 Å². The quantitative estimate of drug-likeness (QED) is 0.807. The van der Waals surface area contributed by atoms with Crippen molar-refractivity contribution in [1.29, 1.82) is 0 Å². The lowest BCUT2D eigenvalue weighted by atomic mass is 10.0. The average Bonchev–Trinajstić information content (AvgIpc) is 3.25. The molecule has 1 amide bonds. The smallest absolute Gasteiger partial charge is 0.224 e. The molecule has 2 atom stereocenters. The van der Waals surface area contributed by atoms with Gasteiger partial charge in [-0.25, -0.2) is 0 Å². The molecule has 0 aliphatic heterocycles. The number of carbonyl (C=O) groups excluding carboxylic acids is 1. The minimum Gasteiger partial charge on any atom is -0.485 e. The number of aliphatic hydroxyl groups is 1. The van der Waals surface area contributed by atoms with Crippen molar-refractivity contribution in [3.63, 3.8) is 0 Å². The van der Waals surface area contributed by atoms with E-state index in [1.807, 2.05) is 42.1 Å². The number of aromatic nitrogens is 2. The summed E-state index contributed by atoms with van der Waals surface area (Å²) < 4.78 is 7.85. The Balaban J connectivity index is 1.58. The van der Waals surface area contributed by atoms with Crippen molar-refractivity contribution < 1.29 is 14.6 Å². The van der Waals surface area contributed by atoms with Crippen LogP contribution in [0, 0.1) is 0 Å². The van der Waals surface area contributed by atoms with Gasteiger partial charge < -0.3 is 15.2 Å². The number of aryl methyl sites for hydroxylation is 1. The van der Waals surface area contributed by atoms with Crippen molar-refractivity contribution >= 4 is 5.91 Å². The third-order valence-corrected chi connectivity index (χ3v) is 4.66. The van der Waals surface area contributed by atoms with Crippen LogP contribution in [0.5, 0.6) is 5.75 Å². The topological polar surface area (TPSA) is 76.4 Å². The zero-order valence-corrected chi connectivity index (χ0v) is 14.5. The second-order valence-electron chi connectivity index (χ2n) is 6.40. The molecule has 1 fully saturated rings. The Bertz CT molecular complexity index is 713. The largest absolute Gasteiger partial charge is 0.485 e. The Morgan fingerprint density at radius 1 is 1.36 bits per heavy atom. The molecule has 6 nitrogen and oxygen atoms in total. The molecule has 2 N–H and O–H groups in total. The zero-order valence-electron chi connectivity index (χ0n) is 14.5. The molecule has 0 radical (unpaired) electrons. The van der Waals surface area contributed by atoms with E-state index in [2.05, 4.69) is 10.4 Å². The number of nitrogens with one attached hydrogen (secondary N) is 1. The lowest BCUT2D eigenvalue weighted by Crippen LogP contribution is -2.43. The maximum absolute atomic E-state index is 12.4. The molecule has 1 aliphatic carbocycles. The van der Waals surface area contributed by atoms with Gasteiger partial charge in [-0.1, -0.05) is 24.3 Å². The van der Waals surface area contributed by atoms with E-state index >= 15 is 0 Å². The Kier molecular flexibility index (Phi) is 5.71. The Hall–Kier alpha value is -2.34. The van der Waals surface area contributed by atoms with E-state index in [4.69, 9.17) is 4.74 Å². The van der Waals surface area contributed by atoms with Crippen molar-refractivity contribution in [3.8, 4) is 5.75 Å². The molecule has 1 aliphatic rings. The molecule has 6 heteroatoms. The minimum atomic E-state index is -0.0555. The first-order valence-electron chi connectivity index (χ1n) is 8.85. The van der Waals surface area contributed by atoms with Crippen LogP contribution in [0.3, 0.4) is 0 Å². The van der Waals surface area contributed by atoms with Gasteiger partial charge in [0.25, 0.3) is 0 Å². The monoisotopic (exact) mass is 343 g/mol. The molecule has 2 aromatic rings. The van der Waals surface area contributed by atoms with Crippen molar-refractivity contribution in [1.82, 2.24) is 15.1 Å². The normalized spacial score (nSPS) is 19.8. The number of carbonyl (C=O) groups is 1. The maximum atomic E-state index is 12.4.